The van der Waals surface area contributed by atoms with Crippen LogP contribution in [0.5, 0.6) is 0 Å². The minimum atomic E-state index is -1.23. The second-order valence-corrected chi connectivity index (χ2v) is 7.62. The molecular weight excluding hydrogens is 442 g/mol. The molecule has 0 aliphatic heterocycles. The van der Waals surface area contributed by atoms with Crippen molar-refractivity contribution >= 4 is 42.3 Å². The fraction of sp³-hybridized carbons (Fsp3) is 0.722. The molecule has 5 atom stereocenters. The van der Waals surface area contributed by atoms with Crippen molar-refractivity contribution in [3.8, 4) is 0 Å². The van der Waals surface area contributed by atoms with Gasteiger partial charge in [0.15, 0.2) is 5.96 Å². The van der Waals surface area contributed by atoms with Crippen molar-refractivity contribution in [1.29, 1.82) is 0 Å². The van der Waals surface area contributed by atoms with E-state index in [9.17, 15) is 24.3 Å². The highest BCUT2D eigenvalue weighted by Gasteiger charge is 2.31. The topological polar surface area (TPSA) is 235 Å². The smallest absolute Gasteiger partial charge is 0.326 e. The fourth-order valence-corrected chi connectivity index (χ4v) is 2.79. The van der Waals surface area contributed by atoms with Crippen molar-refractivity contribution in [3.63, 3.8) is 0 Å². The second kappa shape index (κ2) is 15.3. The summed E-state index contributed by atoms with van der Waals surface area (Å²) in [6, 6.07) is -4.63. The van der Waals surface area contributed by atoms with Crippen LogP contribution >= 0.6 is 12.6 Å². The van der Waals surface area contributed by atoms with Gasteiger partial charge in [-0.2, -0.15) is 12.6 Å². The van der Waals surface area contributed by atoms with Crippen LogP contribution < -0.4 is 33.2 Å². The van der Waals surface area contributed by atoms with Crippen LogP contribution in [0.3, 0.4) is 0 Å². The molecular formula is C18H35N7O6S. The maximum absolute atomic E-state index is 12.8. The molecule has 184 valence electrons. The van der Waals surface area contributed by atoms with Crippen molar-refractivity contribution in [1.82, 2.24) is 16.0 Å². The molecule has 0 aromatic carbocycles. The summed E-state index contributed by atoms with van der Waals surface area (Å²) in [4.78, 5) is 52.7. The number of carbonyl (C=O) groups excluding carboxylic acids is 3. The molecule has 3 amide bonds. The van der Waals surface area contributed by atoms with E-state index in [1.54, 1.807) is 13.8 Å². The molecule has 0 fully saturated rings. The lowest BCUT2D eigenvalue weighted by atomic mass is 9.98. The van der Waals surface area contributed by atoms with Gasteiger partial charge in [0.05, 0.1) is 6.61 Å². The number of aliphatic hydroxyl groups is 1. The van der Waals surface area contributed by atoms with E-state index in [0.29, 0.717) is 12.8 Å². The molecule has 0 aromatic heterocycles. The number of nitrogens with one attached hydrogen (secondary N) is 3. The first-order valence-electron chi connectivity index (χ1n) is 10.1. The molecule has 0 heterocycles. The third kappa shape index (κ3) is 10.6. The van der Waals surface area contributed by atoms with Gasteiger partial charge in [0.25, 0.3) is 0 Å². The molecule has 0 aliphatic rings. The Morgan fingerprint density at radius 1 is 1.03 bits per heavy atom. The van der Waals surface area contributed by atoms with Gasteiger partial charge in [0, 0.05) is 12.3 Å². The molecule has 11 N–H and O–H groups in total. The summed E-state index contributed by atoms with van der Waals surface area (Å²) in [6.07, 6.45) is 0.923. The van der Waals surface area contributed by atoms with E-state index in [2.05, 4.69) is 33.6 Å². The van der Waals surface area contributed by atoms with Crippen molar-refractivity contribution in [2.24, 2.45) is 28.1 Å². The number of hydrogen-bond acceptors (Lipinski definition) is 8. The molecule has 0 spiro atoms. The van der Waals surface area contributed by atoms with Crippen molar-refractivity contribution in [2.45, 2.75) is 57.3 Å². The summed E-state index contributed by atoms with van der Waals surface area (Å²) < 4.78 is 0. The number of hydrogen-bond donors (Lipinski definition) is 9. The SMILES string of the molecule is CCC(C)C(NC(=O)C(CCCN=C(N)N)NC(=O)C(CS)NC(=O)C(N)CO)C(=O)O. The molecule has 13 nitrogen and oxygen atoms in total. The summed E-state index contributed by atoms with van der Waals surface area (Å²) in [5.74, 6) is -3.98. The van der Waals surface area contributed by atoms with Gasteiger partial charge < -0.3 is 43.4 Å². The Morgan fingerprint density at radius 2 is 1.59 bits per heavy atom. The monoisotopic (exact) mass is 477 g/mol. The average molecular weight is 478 g/mol. The number of carboxylic acid groups (broad SMARTS) is 1. The maximum Gasteiger partial charge on any atom is 0.326 e. The predicted octanol–water partition coefficient (Wildman–Crippen LogP) is -3.13. The van der Waals surface area contributed by atoms with Gasteiger partial charge in [-0.25, -0.2) is 4.79 Å². The van der Waals surface area contributed by atoms with Crippen LogP contribution in [0.25, 0.3) is 0 Å². The van der Waals surface area contributed by atoms with E-state index < -0.39 is 54.5 Å². The zero-order valence-electron chi connectivity index (χ0n) is 18.3. The number of guanidine groups is 1. The fourth-order valence-electron chi connectivity index (χ4n) is 2.54. The van der Waals surface area contributed by atoms with Gasteiger partial charge in [-0.1, -0.05) is 20.3 Å². The quantitative estimate of drug-likeness (QED) is 0.0501. The van der Waals surface area contributed by atoms with Crippen LogP contribution in [0, 0.1) is 5.92 Å². The zero-order chi connectivity index (χ0) is 24.8. The Kier molecular flexibility index (Phi) is 14.0. The zero-order valence-corrected chi connectivity index (χ0v) is 19.2. The number of carboxylic acids is 1. The minimum absolute atomic E-state index is 0.102. The highest BCUT2D eigenvalue weighted by Crippen LogP contribution is 2.09. The van der Waals surface area contributed by atoms with Gasteiger partial charge in [-0.3, -0.25) is 19.4 Å². The van der Waals surface area contributed by atoms with Crippen molar-refractivity contribution in [3.05, 3.63) is 0 Å². The largest absolute Gasteiger partial charge is 0.480 e. The first kappa shape index (κ1) is 29.4. The molecule has 0 aromatic rings. The summed E-state index contributed by atoms with van der Waals surface area (Å²) in [5, 5.41) is 25.7. The lowest BCUT2D eigenvalue weighted by Gasteiger charge is -2.26. The van der Waals surface area contributed by atoms with Gasteiger partial charge in [-0.05, 0) is 18.8 Å². The van der Waals surface area contributed by atoms with E-state index in [1.165, 1.54) is 0 Å². The Balaban J connectivity index is 5.42. The third-order valence-corrected chi connectivity index (χ3v) is 5.07. The summed E-state index contributed by atoms with van der Waals surface area (Å²) >= 11 is 4.03. The van der Waals surface area contributed by atoms with Gasteiger partial charge in [0.1, 0.15) is 24.2 Å². The van der Waals surface area contributed by atoms with Crippen molar-refractivity contribution in [2.75, 3.05) is 18.9 Å². The normalized spacial score (nSPS) is 15.4. The van der Waals surface area contributed by atoms with E-state index in [0.717, 1.165) is 0 Å². The number of rotatable bonds is 15. The van der Waals surface area contributed by atoms with Gasteiger partial charge >= 0.3 is 5.97 Å². The van der Waals surface area contributed by atoms with E-state index >= 15 is 0 Å². The van der Waals surface area contributed by atoms with E-state index in [-0.39, 0.29) is 30.6 Å². The van der Waals surface area contributed by atoms with Gasteiger partial charge in [-0.15, -0.1) is 0 Å². The molecule has 0 rings (SSSR count). The third-order valence-electron chi connectivity index (χ3n) is 4.70. The van der Waals surface area contributed by atoms with Crippen LogP contribution in [-0.2, 0) is 19.2 Å². The Hall–Kier alpha value is -2.58. The standard InChI is InChI=1S/C18H35N7O6S/c1-3-9(2)13(17(30)31)25-15(28)11(5-4-6-22-18(20)21)23-16(29)12(8-32)24-14(27)10(19)7-26/h9-13,26,32H,3-8,19H2,1-2H3,(H,23,29)(H,24,27)(H,25,28)(H,30,31)(H4,20,21,22). The number of nitrogens with two attached hydrogens (primary N) is 3. The first-order chi connectivity index (χ1) is 15.0. The number of aliphatic carboxylic acids is 1. The summed E-state index contributed by atoms with van der Waals surface area (Å²) in [5.41, 5.74) is 16.0. The number of nitrogens with zero attached hydrogens (tertiary/aromatic N) is 1. The molecule has 0 radical (unpaired) electrons. The average Bonchev–Trinajstić information content (AvgIpc) is 2.75. The lowest BCUT2D eigenvalue weighted by Crippen LogP contribution is -2.58. The summed E-state index contributed by atoms with van der Waals surface area (Å²) in [6.45, 7) is 3.04. The Labute approximate surface area is 192 Å². The molecule has 5 unspecified atom stereocenters. The lowest BCUT2D eigenvalue weighted by molar-refractivity contribution is -0.143. The molecule has 32 heavy (non-hydrogen) atoms. The number of aliphatic hydroxyl groups excluding tert-OH is 1. The second-order valence-electron chi connectivity index (χ2n) is 7.25. The Morgan fingerprint density at radius 3 is 2.06 bits per heavy atom. The summed E-state index contributed by atoms with van der Waals surface area (Å²) in [7, 11) is 0. The first-order valence-corrected chi connectivity index (χ1v) is 10.8. The van der Waals surface area contributed by atoms with Crippen LogP contribution in [0.4, 0.5) is 0 Å². The van der Waals surface area contributed by atoms with Crippen molar-refractivity contribution < 1.29 is 29.4 Å². The maximum atomic E-state index is 12.8. The highest BCUT2D eigenvalue weighted by molar-refractivity contribution is 7.80. The van der Waals surface area contributed by atoms with Crippen LogP contribution in [0.2, 0.25) is 0 Å². The number of thiol groups is 1. The molecule has 14 heteroatoms. The molecule has 0 saturated carbocycles. The number of amides is 3. The Bertz CT molecular complexity index is 674. The predicted molar refractivity (Wildman–Crippen MR) is 122 cm³/mol. The van der Waals surface area contributed by atoms with E-state index in [1.807, 2.05) is 0 Å². The number of carbonyl (C=O) groups is 4. The van der Waals surface area contributed by atoms with Crippen LogP contribution in [-0.4, -0.2) is 82.9 Å². The van der Waals surface area contributed by atoms with Gasteiger partial charge in [0.2, 0.25) is 17.7 Å². The van der Waals surface area contributed by atoms with E-state index in [4.69, 9.17) is 22.3 Å². The minimum Gasteiger partial charge on any atom is -0.480 e. The van der Waals surface area contributed by atoms with Crippen LogP contribution in [0.15, 0.2) is 4.99 Å². The highest BCUT2D eigenvalue weighted by atomic mass is 32.1. The molecule has 0 saturated heterocycles. The molecule has 0 bridgehead atoms. The number of aliphatic imine (C=N–C) groups is 1. The molecule has 0 aliphatic carbocycles. The van der Waals surface area contributed by atoms with Crippen LogP contribution in [0.1, 0.15) is 33.1 Å².